The van der Waals surface area contributed by atoms with Crippen molar-refractivity contribution in [3.8, 4) is 0 Å². The maximum atomic E-state index is 6.01. The lowest BCUT2D eigenvalue weighted by molar-refractivity contribution is 0.126. The molecule has 0 amide bonds. The third kappa shape index (κ3) is 1.82. The van der Waals surface area contributed by atoms with Crippen LogP contribution in [0.5, 0.6) is 0 Å². The first-order valence-electron chi connectivity index (χ1n) is 6.29. The Balaban J connectivity index is 2.33. The first-order valence-corrected chi connectivity index (χ1v) is 6.29. The molecule has 3 aromatic rings. The second kappa shape index (κ2) is 4.51. The molecule has 2 N–H and O–H groups in total. The third-order valence-corrected chi connectivity index (χ3v) is 3.27. The molecule has 0 aliphatic heterocycles. The van der Waals surface area contributed by atoms with E-state index >= 15 is 0 Å². The zero-order valence-corrected chi connectivity index (χ0v) is 11.1. The Morgan fingerprint density at radius 1 is 1.26 bits per heavy atom. The SMILES string of the molecule is CCOCc1nc2c(N)nc3ccccc3c2n1C. The average molecular weight is 256 g/mol. The predicted molar refractivity (Wildman–Crippen MR) is 75.8 cm³/mol. The molecule has 0 aliphatic carbocycles. The molecule has 0 saturated carbocycles. The van der Waals surface area contributed by atoms with E-state index in [0.29, 0.717) is 19.0 Å². The molecule has 2 heterocycles. The highest BCUT2D eigenvalue weighted by Crippen LogP contribution is 2.27. The van der Waals surface area contributed by atoms with Gasteiger partial charge in [0.2, 0.25) is 0 Å². The van der Waals surface area contributed by atoms with Gasteiger partial charge in [-0.05, 0) is 13.0 Å². The minimum absolute atomic E-state index is 0.465. The van der Waals surface area contributed by atoms with Crippen LogP contribution in [0.1, 0.15) is 12.7 Å². The van der Waals surface area contributed by atoms with Gasteiger partial charge < -0.3 is 15.0 Å². The molecule has 5 nitrogen and oxygen atoms in total. The fourth-order valence-electron chi connectivity index (χ4n) is 2.31. The third-order valence-electron chi connectivity index (χ3n) is 3.27. The number of aryl methyl sites for hydroxylation is 1. The normalized spacial score (nSPS) is 11.5. The molecule has 1 aromatic carbocycles. The number of benzene rings is 1. The molecule has 2 aromatic heterocycles. The van der Waals surface area contributed by atoms with Crippen molar-refractivity contribution >= 4 is 27.8 Å². The number of imidazole rings is 1. The van der Waals surface area contributed by atoms with Crippen LogP contribution in [0.3, 0.4) is 0 Å². The van der Waals surface area contributed by atoms with Crippen LogP contribution >= 0.6 is 0 Å². The Morgan fingerprint density at radius 2 is 2.05 bits per heavy atom. The van der Waals surface area contributed by atoms with Crippen molar-refractivity contribution in [3.05, 3.63) is 30.1 Å². The van der Waals surface area contributed by atoms with Gasteiger partial charge in [0.15, 0.2) is 5.82 Å². The average Bonchev–Trinajstić information content (AvgIpc) is 2.75. The van der Waals surface area contributed by atoms with Crippen LogP contribution < -0.4 is 5.73 Å². The van der Waals surface area contributed by atoms with E-state index in [9.17, 15) is 0 Å². The van der Waals surface area contributed by atoms with Crippen molar-refractivity contribution in [2.45, 2.75) is 13.5 Å². The van der Waals surface area contributed by atoms with Crippen LogP contribution in [0, 0.1) is 0 Å². The largest absolute Gasteiger partial charge is 0.382 e. The maximum absolute atomic E-state index is 6.01. The van der Waals surface area contributed by atoms with Crippen molar-refractivity contribution in [3.63, 3.8) is 0 Å². The summed E-state index contributed by atoms with van der Waals surface area (Å²) >= 11 is 0. The molecule has 0 spiro atoms. The molecule has 0 radical (unpaired) electrons. The summed E-state index contributed by atoms with van der Waals surface area (Å²) in [4.78, 5) is 8.95. The molecular formula is C14H16N4O. The van der Waals surface area contributed by atoms with Crippen molar-refractivity contribution in [1.82, 2.24) is 14.5 Å². The van der Waals surface area contributed by atoms with Gasteiger partial charge in [-0.3, -0.25) is 0 Å². The lowest BCUT2D eigenvalue weighted by atomic mass is 10.2. The van der Waals surface area contributed by atoms with Gasteiger partial charge in [-0.15, -0.1) is 0 Å². The van der Waals surface area contributed by atoms with E-state index in [1.54, 1.807) is 0 Å². The zero-order valence-electron chi connectivity index (χ0n) is 11.1. The van der Waals surface area contributed by atoms with E-state index in [2.05, 4.69) is 9.97 Å². The summed E-state index contributed by atoms with van der Waals surface area (Å²) in [6, 6.07) is 7.95. The van der Waals surface area contributed by atoms with E-state index in [1.807, 2.05) is 42.8 Å². The van der Waals surface area contributed by atoms with Crippen molar-refractivity contribution in [1.29, 1.82) is 0 Å². The fraction of sp³-hybridized carbons (Fsp3) is 0.286. The quantitative estimate of drug-likeness (QED) is 0.780. The van der Waals surface area contributed by atoms with E-state index in [1.165, 1.54) is 0 Å². The number of nitrogens with zero attached hydrogens (tertiary/aromatic N) is 3. The Morgan fingerprint density at radius 3 is 2.84 bits per heavy atom. The summed E-state index contributed by atoms with van der Waals surface area (Å²) in [5.74, 6) is 1.33. The molecule has 0 fully saturated rings. The Kier molecular flexibility index (Phi) is 2.83. The van der Waals surface area contributed by atoms with Gasteiger partial charge in [-0.2, -0.15) is 0 Å². The van der Waals surface area contributed by atoms with Crippen LogP contribution in [-0.4, -0.2) is 21.1 Å². The lowest BCUT2D eigenvalue weighted by Crippen LogP contribution is -2.01. The highest BCUT2D eigenvalue weighted by molar-refractivity contribution is 6.06. The first kappa shape index (κ1) is 11.9. The van der Waals surface area contributed by atoms with Crippen LogP contribution in [0.25, 0.3) is 21.9 Å². The highest BCUT2D eigenvalue weighted by atomic mass is 16.5. The predicted octanol–water partition coefficient (Wildman–Crippen LogP) is 2.24. The summed E-state index contributed by atoms with van der Waals surface area (Å²) in [7, 11) is 1.98. The van der Waals surface area contributed by atoms with E-state index in [4.69, 9.17) is 10.5 Å². The number of ether oxygens (including phenoxy) is 1. The molecule has 98 valence electrons. The minimum Gasteiger partial charge on any atom is -0.382 e. The maximum Gasteiger partial charge on any atom is 0.152 e. The Hall–Kier alpha value is -2.14. The Bertz CT molecular complexity index is 748. The smallest absolute Gasteiger partial charge is 0.152 e. The number of pyridine rings is 1. The second-order valence-electron chi connectivity index (χ2n) is 4.44. The summed E-state index contributed by atoms with van der Waals surface area (Å²) < 4.78 is 7.47. The van der Waals surface area contributed by atoms with Gasteiger partial charge in [0, 0.05) is 19.0 Å². The van der Waals surface area contributed by atoms with Gasteiger partial charge in [-0.1, -0.05) is 18.2 Å². The summed E-state index contributed by atoms with van der Waals surface area (Å²) in [5, 5.41) is 1.06. The van der Waals surface area contributed by atoms with Crippen molar-refractivity contribution < 1.29 is 4.74 Å². The molecular weight excluding hydrogens is 240 g/mol. The number of anilines is 1. The van der Waals surface area contributed by atoms with Gasteiger partial charge >= 0.3 is 0 Å². The standard InChI is InChI=1S/C14H16N4O/c1-3-19-8-11-17-12-13(18(11)2)9-6-4-5-7-10(9)16-14(12)15/h4-7H,3,8H2,1-2H3,(H2,15,16). The van der Waals surface area contributed by atoms with E-state index in [-0.39, 0.29) is 0 Å². The fourth-order valence-corrected chi connectivity index (χ4v) is 2.31. The molecule has 19 heavy (non-hydrogen) atoms. The van der Waals surface area contributed by atoms with Crippen LogP contribution in [0.4, 0.5) is 5.82 Å². The molecule has 5 heteroatoms. The Labute approximate surface area is 111 Å². The number of hydrogen-bond acceptors (Lipinski definition) is 4. The number of para-hydroxylation sites is 1. The molecule has 0 aliphatic rings. The molecule has 0 atom stereocenters. The minimum atomic E-state index is 0.465. The summed E-state index contributed by atoms with van der Waals surface area (Å²) in [6.45, 7) is 3.11. The lowest BCUT2D eigenvalue weighted by Gasteiger charge is -2.04. The first-order chi connectivity index (χ1) is 9.22. The monoisotopic (exact) mass is 256 g/mol. The van der Waals surface area contributed by atoms with Crippen LogP contribution in [-0.2, 0) is 18.4 Å². The summed E-state index contributed by atoms with van der Waals surface area (Å²) in [5.41, 5.74) is 8.65. The number of fused-ring (bicyclic) bond motifs is 3. The van der Waals surface area contributed by atoms with Crippen LogP contribution in [0.2, 0.25) is 0 Å². The zero-order chi connectivity index (χ0) is 13.4. The highest BCUT2D eigenvalue weighted by Gasteiger charge is 2.14. The molecule has 3 rings (SSSR count). The van der Waals surface area contributed by atoms with Gasteiger partial charge in [0.1, 0.15) is 17.9 Å². The van der Waals surface area contributed by atoms with E-state index in [0.717, 1.165) is 27.8 Å². The number of hydrogen-bond donors (Lipinski definition) is 1. The van der Waals surface area contributed by atoms with Gasteiger partial charge in [0.25, 0.3) is 0 Å². The van der Waals surface area contributed by atoms with E-state index < -0.39 is 0 Å². The molecule has 0 saturated heterocycles. The summed E-state index contributed by atoms with van der Waals surface area (Å²) in [6.07, 6.45) is 0. The van der Waals surface area contributed by atoms with Gasteiger partial charge in [-0.25, -0.2) is 9.97 Å². The number of rotatable bonds is 3. The number of nitrogens with two attached hydrogens (primary N) is 1. The molecule has 0 unspecified atom stereocenters. The second-order valence-corrected chi connectivity index (χ2v) is 4.44. The van der Waals surface area contributed by atoms with Crippen molar-refractivity contribution in [2.75, 3.05) is 12.3 Å². The number of aromatic nitrogens is 3. The topological polar surface area (TPSA) is 66.0 Å². The van der Waals surface area contributed by atoms with Gasteiger partial charge in [0.05, 0.1) is 11.0 Å². The van der Waals surface area contributed by atoms with Crippen LogP contribution in [0.15, 0.2) is 24.3 Å². The molecule has 0 bridgehead atoms. The van der Waals surface area contributed by atoms with Crippen molar-refractivity contribution in [2.24, 2.45) is 7.05 Å². The number of nitrogen functional groups attached to an aromatic ring is 1.